The summed E-state index contributed by atoms with van der Waals surface area (Å²) >= 11 is 4.63. The average Bonchev–Trinajstić information content (AvgIpc) is 3.45. The van der Waals surface area contributed by atoms with Gasteiger partial charge in [-0.15, -0.1) is 16.9 Å². The van der Waals surface area contributed by atoms with E-state index >= 15 is 13.2 Å². The highest BCUT2D eigenvalue weighted by atomic mass is 32.7. The summed E-state index contributed by atoms with van der Waals surface area (Å²) in [6.45, 7) is -5.43. The zero-order chi connectivity index (χ0) is 32.9. The summed E-state index contributed by atoms with van der Waals surface area (Å²) in [5.41, 5.74) is 6.94. The molecule has 0 bridgehead atoms. The molecule has 248 valence electrons. The average molecular weight is 730 g/mol. The number of nitrogen functional groups attached to an aromatic ring is 2. The Hall–Kier alpha value is -2.86. The van der Waals surface area contributed by atoms with E-state index in [0.29, 0.717) is 4.68 Å². The summed E-state index contributed by atoms with van der Waals surface area (Å²) in [6.07, 6.45) is -7.76. The van der Waals surface area contributed by atoms with Crippen LogP contribution < -0.4 is 17.0 Å². The van der Waals surface area contributed by atoms with Crippen molar-refractivity contribution in [3.63, 3.8) is 0 Å². The topological polar surface area (TPSA) is 284 Å². The van der Waals surface area contributed by atoms with E-state index in [1.165, 1.54) is 4.57 Å². The zero-order valence-electron chi connectivity index (χ0n) is 22.3. The number of H-pyrrole nitrogens is 1. The first-order chi connectivity index (χ1) is 21.6. The number of fused-ring (bicyclic) bond motifs is 3. The van der Waals surface area contributed by atoms with Crippen molar-refractivity contribution < 1.29 is 50.6 Å². The third-order valence-electron chi connectivity index (χ3n) is 7.53. The van der Waals surface area contributed by atoms with Crippen LogP contribution in [-0.4, -0.2) is 102 Å². The van der Waals surface area contributed by atoms with E-state index in [0.717, 1.165) is 24.4 Å². The number of imidazole rings is 1. The fraction of sp³-hybridized carbons (Fsp3) is 0.526. The summed E-state index contributed by atoms with van der Waals surface area (Å²) in [5.74, 6) is -4.58. The quantitative estimate of drug-likeness (QED) is 0.0973. The van der Waals surface area contributed by atoms with Gasteiger partial charge < -0.3 is 30.7 Å². The van der Waals surface area contributed by atoms with E-state index in [1.807, 2.05) is 0 Å². The number of nitrogens with zero attached hydrogens (tertiary/aromatic N) is 8. The van der Waals surface area contributed by atoms with Gasteiger partial charge in [-0.3, -0.25) is 28.0 Å². The number of thioether (sulfide) groups is 1. The van der Waals surface area contributed by atoms with Crippen LogP contribution in [0, 0.1) is 0 Å². The van der Waals surface area contributed by atoms with E-state index in [-0.39, 0.29) is 34.1 Å². The summed E-state index contributed by atoms with van der Waals surface area (Å²) in [5, 5.41) is 15.7. The lowest BCUT2D eigenvalue weighted by atomic mass is 10.1. The van der Waals surface area contributed by atoms with Crippen LogP contribution in [0.25, 0.3) is 22.3 Å². The molecular weight excluding hydrogens is 709 g/mol. The molecule has 0 radical (unpaired) electrons. The molecular formula is C19H20F3N11O9P2S2. The van der Waals surface area contributed by atoms with Crippen LogP contribution in [0.2, 0.25) is 0 Å². The number of ether oxygens (including phenoxy) is 1. The molecule has 7 rings (SSSR count). The Labute approximate surface area is 262 Å². The molecule has 7 N–H and O–H groups in total. The maximum atomic E-state index is 15.8. The van der Waals surface area contributed by atoms with E-state index in [9.17, 15) is 19.0 Å². The molecule has 0 amide bonds. The Balaban J connectivity index is 1.13. The molecule has 4 aromatic heterocycles. The lowest BCUT2D eigenvalue weighted by Gasteiger charge is -2.28. The Morgan fingerprint density at radius 2 is 2.00 bits per heavy atom. The van der Waals surface area contributed by atoms with Crippen molar-refractivity contribution in [2.45, 2.75) is 52.9 Å². The van der Waals surface area contributed by atoms with Crippen molar-refractivity contribution in [1.82, 2.24) is 44.5 Å². The summed E-state index contributed by atoms with van der Waals surface area (Å²) < 4.78 is 94.1. The highest BCUT2D eigenvalue weighted by molar-refractivity contribution is 8.44. The molecule has 0 spiro atoms. The third-order valence-corrected chi connectivity index (χ3v) is 11.0. The van der Waals surface area contributed by atoms with Crippen LogP contribution in [0.3, 0.4) is 0 Å². The van der Waals surface area contributed by atoms with Gasteiger partial charge in [0, 0.05) is 0 Å². The predicted octanol–water partition coefficient (Wildman–Crippen LogP) is -0.0447. The van der Waals surface area contributed by atoms with Crippen LogP contribution in [-0.2, 0) is 27.4 Å². The lowest BCUT2D eigenvalue weighted by Crippen LogP contribution is -2.44. The minimum Gasteiger partial charge on any atom is -0.382 e. The zero-order valence-corrected chi connectivity index (χ0v) is 25.9. The number of hydrogen-bond donors (Lipinski definition) is 6. The second-order valence-corrected chi connectivity index (χ2v) is 15.3. The summed E-state index contributed by atoms with van der Waals surface area (Å²) in [7, 11) is -3.48. The number of alkyl halides is 3. The van der Waals surface area contributed by atoms with Gasteiger partial charge in [-0.2, -0.15) is 18.4 Å². The second-order valence-electron chi connectivity index (χ2n) is 10.2. The van der Waals surface area contributed by atoms with Gasteiger partial charge in [0.25, 0.3) is 5.56 Å². The standard InChI is InChI=1S/C19H20F3N11O9P2S2/c20-5-4(1-39-43(36)37)46-15(32-3-27-7-13(32)28-17(24)29-14(7)34)8(5)41-44(38,45)42-10-9-18(10,35)19(21,22)16(40-9)33-12-6(30-31-33)11(23)25-2-26-12/h2-5,8-10,15-16,35,43H,1H2,(H,36,37)(H,38,45)(H2,23,25,26)(H3,24,28,29,34)/t4-,5+,8-,9-,10?,15-,16-,18+,44?/m1/s1. The van der Waals surface area contributed by atoms with Gasteiger partial charge in [0.15, 0.2) is 33.7 Å². The molecule has 0 aromatic carbocycles. The molecule has 1 saturated carbocycles. The molecule has 1 aliphatic carbocycles. The van der Waals surface area contributed by atoms with Crippen molar-refractivity contribution in [3.05, 3.63) is 23.0 Å². The highest BCUT2D eigenvalue weighted by Crippen LogP contribution is 2.69. The summed E-state index contributed by atoms with van der Waals surface area (Å²) in [6, 6.07) is 0. The predicted molar refractivity (Wildman–Crippen MR) is 153 cm³/mol. The van der Waals surface area contributed by atoms with Crippen molar-refractivity contribution >= 4 is 73.2 Å². The smallest absolute Gasteiger partial charge is 0.382 e. The number of aromatic nitrogens is 9. The van der Waals surface area contributed by atoms with Crippen LogP contribution >= 0.6 is 39.1 Å². The van der Waals surface area contributed by atoms with Crippen LogP contribution in [0.4, 0.5) is 24.9 Å². The van der Waals surface area contributed by atoms with Gasteiger partial charge in [-0.05, 0) is 0 Å². The van der Waals surface area contributed by atoms with E-state index in [4.69, 9.17) is 34.7 Å². The molecule has 2 aliphatic heterocycles. The maximum Gasteiger partial charge on any atom is 0.387 e. The number of aliphatic hydroxyl groups is 1. The first kappa shape index (κ1) is 31.7. The second kappa shape index (κ2) is 10.8. The van der Waals surface area contributed by atoms with Crippen LogP contribution in [0.15, 0.2) is 17.4 Å². The molecule has 10 atom stereocenters. The number of aromatic amines is 1. The van der Waals surface area contributed by atoms with Crippen molar-refractivity contribution in [1.29, 1.82) is 0 Å². The number of nitrogens with two attached hydrogens (primary N) is 2. The molecule has 46 heavy (non-hydrogen) atoms. The van der Waals surface area contributed by atoms with Gasteiger partial charge in [-0.25, -0.2) is 23.9 Å². The van der Waals surface area contributed by atoms with E-state index in [1.54, 1.807) is 0 Å². The van der Waals surface area contributed by atoms with Crippen molar-refractivity contribution in [3.8, 4) is 0 Å². The Morgan fingerprint density at radius 3 is 2.70 bits per heavy atom. The van der Waals surface area contributed by atoms with Gasteiger partial charge in [0.2, 0.25) is 12.2 Å². The van der Waals surface area contributed by atoms with E-state index < -0.39 is 80.1 Å². The normalized spacial score (nSPS) is 33.7. The van der Waals surface area contributed by atoms with Gasteiger partial charge >= 0.3 is 21.0 Å². The fourth-order valence-corrected chi connectivity index (χ4v) is 9.11. The van der Waals surface area contributed by atoms with Gasteiger partial charge in [0.1, 0.15) is 36.2 Å². The fourth-order valence-electron chi connectivity index (χ4n) is 5.35. The van der Waals surface area contributed by atoms with Gasteiger partial charge in [0.05, 0.1) is 18.2 Å². The van der Waals surface area contributed by atoms with Crippen LogP contribution in [0.5, 0.6) is 0 Å². The maximum absolute atomic E-state index is 15.8. The Kier molecular flexibility index (Phi) is 7.47. The molecule has 27 heteroatoms. The molecule has 6 heterocycles. The van der Waals surface area contributed by atoms with Crippen molar-refractivity contribution in [2.24, 2.45) is 0 Å². The first-order valence-corrected chi connectivity index (χ1v) is 17.7. The lowest BCUT2D eigenvalue weighted by molar-refractivity contribution is -0.196. The number of anilines is 2. The molecule has 4 aromatic rings. The van der Waals surface area contributed by atoms with Gasteiger partial charge in [-0.1, -0.05) is 17.5 Å². The van der Waals surface area contributed by atoms with E-state index in [2.05, 4.69) is 47.5 Å². The molecule has 3 aliphatic rings. The minimum absolute atomic E-state index is 0.0939. The SMILES string of the molecule is Nc1nc2c(ncn2[C@@H]2S[C@H](CO[PH](=O)O)[C@H](F)[C@H]2OP(=O)(S)OC2[C@H]3O[C@@H](n4nnc5c(N)ncnc54)C(F)(F)[C@@]23O)c(=O)[nH]1. The summed E-state index contributed by atoms with van der Waals surface area (Å²) in [4.78, 5) is 39.1. The molecule has 3 unspecified atom stereocenters. The first-order valence-electron chi connectivity index (χ1n) is 12.8. The monoisotopic (exact) mass is 729 g/mol. The van der Waals surface area contributed by atoms with Crippen LogP contribution in [0.1, 0.15) is 11.6 Å². The molecule has 2 saturated heterocycles. The highest BCUT2D eigenvalue weighted by Gasteiger charge is 2.88. The third kappa shape index (κ3) is 4.83. The largest absolute Gasteiger partial charge is 0.387 e. The Bertz CT molecular complexity index is 2010. The number of rotatable bonds is 9. The van der Waals surface area contributed by atoms with Crippen molar-refractivity contribution in [2.75, 3.05) is 18.1 Å². The minimum atomic E-state index is -4.83. The molecule has 3 fully saturated rings. The molecule has 20 nitrogen and oxygen atoms in total. The number of thiol groups is 1. The number of nitrogens with one attached hydrogen (secondary N) is 1. The number of hydrogen-bond acceptors (Lipinski definition) is 17. The Morgan fingerprint density at radius 1 is 1.24 bits per heavy atom. The number of halogens is 3.